The zero-order valence-corrected chi connectivity index (χ0v) is 16.2. The molecular weight excluding hydrogens is 370 g/mol. The maximum absolute atomic E-state index is 12.7. The summed E-state index contributed by atoms with van der Waals surface area (Å²) < 4.78 is 0. The third kappa shape index (κ3) is 4.28. The molecule has 1 N–H and O–H groups in total. The Hall–Kier alpha value is -2.99. The highest BCUT2D eigenvalue weighted by molar-refractivity contribution is 7.09. The van der Waals surface area contributed by atoms with Crippen molar-refractivity contribution in [3.63, 3.8) is 0 Å². The van der Waals surface area contributed by atoms with E-state index in [0.717, 1.165) is 29.1 Å². The third-order valence-electron chi connectivity index (χ3n) is 4.78. The van der Waals surface area contributed by atoms with E-state index in [9.17, 15) is 9.59 Å². The molecule has 1 fully saturated rings. The Morgan fingerprint density at radius 2 is 1.61 bits per heavy atom. The fourth-order valence-electron chi connectivity index (χ4n) is 3.31. The monoisotopic (exact) mass is 391 g/mol. The van der Waals surface area contributed by atoms with Gasteiger partial charge in [-0.2, -0.15) is 0 Å². The molecule has 2 heterocycles. The van der Waals surface area contributed by atoms with Crippen LogP contribution in [0.4, 0.5) is 4.79 Å². The molecule has 2 aromatic carbocycles. The molecule has 0 spiro atoms. The van der Waals surface area contributed by atoms with Crippen molar-refractivity contribution in [3.8, 4) is 0 Å². The van der Waals surface area contributed by atoms with Gasteiger partial charge in [0.1, 0.15) is 6.04 Å². The minimum absolute atomic E-state index is 0.187. The van der Waals surface area contributed by atoms with Gasteiger partial charge in [-0.05, 0) is 17.5 Å². The van der Waals surface area contributed by atoms with E-state index in [-0.39, 0.29) is 18.5 Å². The van der Waals surface area contributed by atoms with Crippen LogP contribution in [0.3, 0.4) is 0 Å². The molecule has 1 aliphatic heterocycles. The van der Waals surface area contributed by atoms with Crippen molar-refractivity contribution in [2.75, 3.05) is 0 Å². The van der Waals surface area contributed by atoms with Crippen LogP contribution in [0.2, 0.25) is 0 Å². The molecule has 142 valence electrons. The van der Waals surface area contributed by atoms with E-state index in [2.05, 4.69) is 22.4 Å². The van der Waals surface area contributed by atoms with Crippen LogP contribution in [0.5, 0.6) is 0 Å². The summed E-state index contributed by atoms with van der Waals surface area (Å²) in [6.07, 6.45) is 2.28. The lowest BCUT2D eigenvalue weighted by atomic mass is 10.1. The Bertz CT molecular complexity index is 956. The number of nitrogens with zero attached hydrogens (tertiary/aromatic N) is 2. The predicted octanol–water partition coefficient (Wildman–Crippen LogP) is 3.59. The summed E-state index contributed by atoms with van der Waals surface area (Å²) in [6.45, 7) is 0.220. The predicted molar refractivity (Wildman–Crippen MR) is 109 cm³/mol. The average molecular weight is 391 g/mol. The Balaban J connectivity index is 1.35. The quantitative estimate of drug-likeness (QED) is 0.626. The lowest BCUT2D eigenvalue weighted by Crippen LogP contribution is -2.32. The lowest BCUT2D eigenvalue weighted by Gasteiger charge is -2.11. The van der Waals surface area contributed by atoms with Gasteiger partial charge in [0.25, 0.3) is 5.91 Å². The number of aromatic nitrogens is 1. The fraction of sp³-hybridized carbons (Fsp3) is 0.227. The number of thiazole rings is 1. The van der Waals surface area contributed by atoms with Gasteiger partial charge in [0.05, 0.1) is 17.2 Å². The van der Waals surface area contributed by atoms with Gasteiger partial charge in [0.15, 0.2) is 0 Å². The van der Waals surface area contributed by atoms with Gasteiger partial charge in [-0.3, -0.25) is 9.69 Å². The van der Waals surface area contributed by atoms with E-state index in [1.54, 1.807) is 11.3 Å². The number of hydrogen-bond acceptors (Lipinski definition) is 4. The summed E-state index contributed by atoms with van der Waals surface area (Å²) in [5, 5.41) is 5.75. The largest absolute Gasteiger partial charge is 0.325 e. The molecule has 0 unspecified atom stereocenters. The summed E-state index contributed by atoms with van der Waals surface area (Å²) in [4.78, 5) is 30.8. The van der Waals surface area contributed by atoms with E-state index in [1.807, 2.05) is 53.9 Å². The highest BCUT2D eigenvalue weighted by Crippen LogP contribution is 2.18. The van der Waals surface area contributed by atoms with Crippen LogP contribution < -0.4 is 5.32 Å². The Morgan fingerprint density at radius 1 is 0.929 bits per heavy atom. The first-order valence-corrected chi connectivity index (χ1v) is 10.2. The standard InChI is InChI=1S/C22H21N3O2S/c26-21-19(13-17-9-5-2-6-10-17)24-22(27)25(21)14-18-15-28-20(23-18)12-11-16-7-3-1-4-8-16/h1-10,15,19H,11-14H2,(H,24,27)/t19-/m0/s1. The molecule has 3 aromatic rings. The molecule has 4 rings (SSSR count). The van der Waals surface area contributed by atoms with Crippen molar-refractivity contribution >= 4 is 23.3 Å². The highest BCUT2D eigenvalue weighted by atomic mass is 32.1. The van der Waals surface area contributed by atoms with Gasteiger partial charge in [-0.15, -0.1) is 11.3 Å². The molecule has 0 aliphatic carbocycles. The number of rotatable bonds is 7. The first kappa shape index (κ1) is 18.4. The number of carbonyl (C=O) groups is 2. The number of carbonyl (C=O) groups excluding carboxylic acids is 2. The van der Waals surface area contributed by atoms with E-state index in [4.69, 9.17) is 0 Å². The van der Waals surface area contributed by atoms with Crippen LogP contribution >= 0.6 is 11.3 Å². The first-order chi connectivity index (χ1) is 13.7. The normalized spacial score (nSPS) is 16.4. The van der Waals surface area contributed by atoms with Crippen LogP contribution in [0.15, 0.2) is 66.0 Å². The summed E-state index contributed by atoms with van der Waals surface area (Å²) in [5.74, 6) is -0.187. The molecule has 1 aliphatic rings. The lowest BCUT2D eigenvalue weighted by molar-refractivity contribution is -0.127. The summed E-state index contributed by atoms with van der Waals surface area (Å²) in [5.41, 5.74) is 3.06. The van der Waals surface area contributed by atoms with E-state index >= 15 is 0 Å². The molecule has 1 saturated heterocycles. The second-order valence-electron chi connectivity index (χ2n) is 6.83. The van der Waals surface area contributed by atoms with Crippen molar-refractivity contribution < 1.29 is 9.59 Å². The fourth-order valence-corrected chi connectivity index (χ4v) is 4.10. The van der Waals surface area contributed by atoms with Crippen LogP contribution in [0.25, 0.3) is 0 Å². The molecule has 0 radical (unpaired) electrons. The van der Waals surface area contributed by atoms with E-state index < -0.39 is 6.04 Å². The number of nitrogens with one attached hydrogen (secondary N) is 1. The minimum atomic E-state index is -0.508. The smallest absolute Gasteiger partial charge is 0.325 e. The van der Waals surface area contributed by atoms with Crippen LogP contribution in [-0.4, -0.2) is 27.9 Å². The third-order valence-corrected chi connectivity index (χ3v) is 5.74. The number of urea groups is 1. The van der Waals surface area contributed by atoms with Crippen molar-refractivity contribution in [1.82, 2.24) is 15.2 Å². The molecule has 1 atom stereocenters. The Labute approximate surface area is 168 Å². The average Bonchev–Trinajstić information content (AvgIpc) is 3.28. The molecule has 0 bridgehead atoms. The maximum atomic E-state index is 12.7. The van der Waals surface area contributed by atoms with Gasteiger partial charge in [0.2, 0.25) is 0 Å². The van der Waals surface area contributed by atoms with Crippen LogP contribution in [0.1, 0.15) is 21.8 Å². The first-order valence-electron chi connectivity index (χ1n) is 9.32. The molecule has 6 heteroatoms. The van der Waals surface area contributed by atoms with Crippen molar-refractivity contribution in [3.05, 3.63) is 87.9 Å². The van der Waals surface area contributed by atoms with Gasteiger partial charge in [-0.1, -0.05) is 60.7 Å². The second-order valence-corrected chi connectivity index (χ2v) is 7.78. The summed E-state index contributed by atoms with van der Waals surface area (Å²) in [6, 6.07) is 19.2. The maximum Gasteiger partial charge on any atom is 0.325 e. The van der Waals surface area contributed by atoms with Crippen molar-refractivity contribution in [2.45, 2.75) is 31.8 Å². The van der Waals surface area contributed by atoms with Crippen LogP contribution in [-0.2, 0) is 30.6 Å². The van der Waals surface area contributed by atoms with Gasteiger partial charge in [-0.25, -0.2) is 9.78 Å². The minimum Gasteiger partial charge on any atom is -0.325 e. The Kier molecular flexibility index (Phi) is 5.48. The number of hydrogen-bond donors (Lipinski definition) is 1. The summed E-state index contributed by atoms with van der Waals surface area (Å²) in [7, 11) is 0. The number of aryl methyl sites for hydroxylation is 2. The van der Waals surface area contributed by atoms with Crippen molar-refractivity contribution in [1.29, 1.82) is 0 Å². The van der Waals surface area contributed by atoms with Gasteiger partial charge in [0, 0.05) is 18.2 Å². The SMILES string of the molecule is O=C1N[C@@H](Cc2ccccc2)C(=O)N1Cc1csc(CCc2ccccc2)n1. The van der Waals surface area contributed by atoms with Crippen LogP contribution in [0, 0.1) is 0 Å². The number of benzene rings is 2. The molecule has 5 nitrogen and oxygen atoms in total. The topological polar surface area (TPSA) is 62.3 Å². The molecule has 3 amide bonds. The molecule has 1 aromatic heterocycles. The summed E-state index contributed by atoms with van der Waals surface area (Å²) >= 11 is 1.58. The van der Waals surface area contributed by atoms with Crippen molar-refractivity contribution in [2.24, 2.45) is 0 Å². The van der Waals surface area contributed by atoms with Gasteiger partial charge >= 0.3 is 6.03 Å². The number of amides is 3. The molecular formula is C22H21N3O2S. The number of imide groups is 1. The molecule has 0 saturated carbocycles. The van der Waals surface area contributed by atoms with Gasteiger partial charge < -0.3 is 5.32 Å². The van der Waals surface area contributed by atoms with E-state index in [1.165, 1.54) is 10.5 Å². The second kappa shape index (κ2) is 8.35. The zero-order chi connectivity index (χ0) is 19.3. The highest BCUT2D eigenvalue weighted by Gasteiger charge is 2.38. The van der Waals surface area contributed by atoms with E-state index in [0.29, 0.717) is 6.42 Å². The zero-order valence-electron chi connectivity index (χ0n) is 15.4. The Morgan fingerprint density at radius 3 is 2.32 bits per heavy atom. The molecule has 28 heavy (non-hydrogen) atoms.